The van der Waals surface area contributed by atoms with E-state index in [1.54, 1.807) is 12.1 Å². The summed E-state index contributed by atoms with van der Waals surface area (Å²) in [6.07, 6.45) is -0.104. The molecule has 1 fully saturated rings. The minimum atomic E-state index is -2.56. The van der Waals surface area contributed by atoms with Crippen LogP contribution in [0.2, 0.25) is 0 Å². The summed E-state index contributed by atoms with van der Waals surface area (Å²) in [6, 6.07) is 6.19. The van der Waals surface area contributed by atoms with Crippen molar-refractivity contribution in [3.05, 3.63) is 29.8 Å². The molecule has 1 aliphatic rings. The zero-order valence-corrected chi connectivity index (χ0v) is 9.28. The lowest BCUT2D eigenvalue weighted by Crippen LogP contribution is -2.06. The van der Waals surface area contributed by atoms with Gasteiger partial charge in [0, 0.05) is 6.42 Å². The SMILES string of the molecule is COC(=O)c1ccc(OC[C@H]2CC2(F)F)cc1. The number of benzene rings is 1. The summed E-state index contributed by atoms with van der Waals surface area (Å²) in [5.74, 6) is -3.21. The van der Waals surface area contributed by atoms with Crippen molar-refractivity contribution in [1.29, 1.82) is 0 Å². The van der Waals surface area contributed by atoms with Crippen LogP contribution in [-0.4, -0.2) is 25.6 Å². The van der Waals surface area contributed by atoms with E-state index in [-0.39, 0.29) is 13.0 Å². The van der Waals surface area contributed by atoms with E-state index in [0.29, 0.717) is 11.3 Å². The van der Waals surface area contributed by atoms with E-state index in [4.69, 9.17) is 4.74 Å². The number of rotatable bonds is 4. The lowest BCUT2D eigenvalue weighted by Gasteiger charge is -2.06. The van der Waals surface area contributed by atoms with Crippen molar-refractivity contribution in [2.45, 2.75) is 12.3 Å². The average molecular weight is 242 g/mol. The molecular formula is C12H12F2O3. The first-order chi connectivity index (χ1) is 8.03. The van der Waals surface area contributed by atoms with Gasteiger partial charge in [0.1, 0.15) is 5.75 Å². The van der Waals surface area contributed by atoms with Crippen LogP contribution in [0, 0.1) is 5.92 Å². The predicted molar refractivity (Wildman–Crippen MR) is 56.3 cm³/mol. The number of hydrogen-bond donors (Lipinski definition) is 0. The van der Waals surface area contributed by atoms with Gasteiger partial charge in [-0.3, -0.25) is 0 Å². The third-order valence-corrected chi connectivity index (χ3v) is 2.68. The molecule has 1 saturated carbocycles. The second kappa shape index (κ2) is 4.31. The largest absolute Gasteiger partial charge is 0.493 e. The van der Waals surface area contributed by atoms with Crippen molar-refractivity contribution in [3.63, 3.8) is 0 Å². The van der Waals surface area contributed by atoms with Gasteiger partial charge in [-0.2, -0.15) is 0 Å². The molecule has 0 saturated heterocycles. The molecule has 1 aromatic carbocycles. The van der Waals surface area contributed by atoms with E-state index in [0.717, 1.165) is 0 Å². The van der Waals surface area contributed by atoms with E-state index >= 15 is 0 Å². The Labute approximate surface area is 97.3 Å². The van der Waals surface area contributed by atoms with Gasteiger partial charge in [-0.05, 0) is 24.3 Å². The van der Waals surface area contributed by atoms with Crippen LogP contribution >= 0.6 is 0 Å². The van der Waals surface area contributed by atoms with Crippen LogP contribution in [0.1, 0.15) is 16.8 Å². The number of hydrogen-bond acceptors (Lipinski definition) is 3. The van der Waals surface area contributed by atoms with Crippen molar-refractivity contribution in [2.75, 3.05) is 13.7 Å². The Hall–Kier alpha value is -1.65. The predicted octanol–water partition coefficient (Wildman–Crippen LogP) is 2.51. The maximum absolute atomic E-state index is 12.6. The van der Waals surface area contributed by atoms with Crippen LogP contribution < -0.4 is 4.74 Å². The Kier molecular flexibility index (Phi) is 3.00. The lowest BCUT2D eigenvalue weighted by atomic mass is 10.2. The first kappa shape index (κ1) is 11.8. The highest BCUT2D eigenvalue weighted by molar-refractivity contribution is 5.89. The Morgan fingerprint density at radius 3 is 2.47 bits per heavy atom. The molecule has 1 aliphatic carbocycles. The van der Waals surface area contributed by atoms with Crippen molar-refractivity contribution in [1.82, 2.24) is 0 Å². The number of carbonyl (C=O) groups excluding carboxylic acids is 1. The van der Waals surface area contributed by atoms with Crippen molar-refractivity contribution in [3.8, 4) is 5.75 Å². The Morgan fingerprint density at radius 1 is 1.41 bits per heavy atom. The first-order valence-corrected chi connectivity index (χ1v) is 5.22. The highest BCUT2D eigenvalue weighted by Crippen LogP contribution is 2.48. The summed E-state index contributed by atoms with van der Waals surface area (Å²) in [5.41, 5.74) is 0.400. The standard InChI is InChI=1S/C12H12F2O3/c1-16-11(15)8-2-4-10(5-3-8)17-7-9-6-12(9,13)14/h2-5,9H,6-7H2,1H3/t9-/m1/s1. The maximum atomic E-state index is 12.6. The molecule has 92 valence electrons. The first-order valence-electron chi connectivity index (χ1n) is 5.22. The van der Waals surface area contributed by atoms with Crippen molar-refractivity contribution in [2.24, 2.45) is 5.92 Å². The summed E-state index contributed by atoms with van der Waals surface area (Å²) in [7, 11) is 1.29. The highest BCUT2D eigenvalue weighted by atomic mass is 19.3. The van der Waals surface area contributed by atoms with Gasteiger partial charge in [0.05, 0.1) is 25.2 Å². The number of alkyl halides is 2. The second-order valence-corrected chi connectivity index (χ2v) is 3.99. The molecule has 0 heterocycles. The highest BCUT2D eigenvalue weighted by Gasteiger charge is 2.57. The van der Waals surface area contributed by atoms with Gasteiger partial charge in [0.25, 0.3) is 5.92 Å². The molecule has 5 heteroatoms. The number of methoxy groups -OCH3 is 1. The molecule has 0 unspecified atom stereocenters. The summed E-state index contributed by atoms with van der Waals surface area (Å²) in [4.78, 5) is 11.1. The van der Waals surface area contributed by atoms with Gasteiger partial charge in [0.15, 0.2) is 0 Å². The molecule has 2 rings (SSSR count). The van der Waals surface area contributed by atoms with Crippen molar-refractivity contribution < 1.29 is 23.0 Å². The number of carbonyl (C=O) groups is 1. The molecular weight excluding hydrogens is 230 g/mol. The van der Waals surface area contributed by atoms with E-state index < -0.39 is 17.8 Å². The Balaban J connectivity index is 1.88. The smallest absolute Gasteiger partial charge is 0.337 e. The molecule has 17 heavy (non-hydrogen) atoms. The number of esters is 1. The number of halogens is 2. The normalized spacial score (nSPS) is 20.8. The van der Waals surface area contributed by atoms with Crippen LogP contribution in [0.15, 0.2) is 24.3 Å². The quantitative estimate of drug-likeness (QED) is 0.761. The van der Waals surface area contributed by atoms with Gasteiger partial charge in [-0.1, -0.05) is 0 Å². The van der Waals surface area contributed by atoms with Gasteiger partial charge < -0.3 is 9.47 Å². The molecule has 0 amide bonds. The van der Waals surface area contributed by atoms with Crippen LogP contribution in [0.4, 0.5) is 8.78 Å². The van der Waals surface area contributed by atoms with Crippen LogP contribution in [0.5, 0.6) is 5.75 Å². The molecule has 1 aromatic rings. The minimum Gasteiger partial charge on any atom is -0.493 e. The summed E-state index contributed by atoms with van der Waals surface area (Å²) >= 11 is 0. The van der Waals surface area contributed by atoms with Gasteiger partial charge in [-0.25, -0.2) is 13.6 Å². The number of ether oxygens (including phenoxy) is 2. The Morgan fingerprint density at radius 2 is 2.00 bits per heavy atom. The zero-order chi connectivity index (χ0) is 12.5. The van der Waals surface area contributed by atoms with Crippen LogP contribution in [0.3, 0.4) is 0 Å². The molecule has 3 nitrogen and oxygen atoms in total. The molecule has 1 atom stereocenters. The second-order valence-electron chi connectivity index (χ2n) is 3.99. The molecule has 0 N–H and O–H groups in total. The van der Waals surface area contributed by atoms with Crippen LogP contribution in [-0.2, 0) is 4.74 Å². The van der Waals surface area contributed by atoms with E-state index in [1.165, 1.54) is 19.2 Å². The molecule has 0 bridgehead atoms. The third kappa shape index (κ3) is 2.72. The maximum Gasteiger partial charge on any atom is 0.337 e. The lowest BCUT2D eigenvalue weighted by molar-refractivity contribution is 0.0600. The van der Waals surface area contributed by atoms with Crippen LogP contribution in [0.25, 0.3) is 0 Å². The minimum absolute atomic E-state index is 0.00453. The molecule has 0 radical (unpaired) electrons. The average Bonchev–Trinajstić information content (AvgIpc) is 2.94. The van der Waals surface area contributed by atoms with E-state index in [2.05, 4.69) is 4.74 Å². The van der Waals surface area contributed by atoms with Gasteiger partial charge in [0.2, 0.25) is 0 Å². The van der Waals surface area contributed by atoms with Gasteiger partial charge >= 0.3 is 5.97 Å². The van der Waals surface area contributed by atoms with E-state index in [9.17, 15) is 13.6 Å². The molecule has 0 aromatic heterocycles. The van der Waals surface area contributed by atoms with Crippen molar-refractivity contribution >= 4 is 5.97 Å². The molecule has 0 aliphatic heterocycles. The monoisotopic (exact) mass is 242 g/mol. The van der Waals surface area contributed by atoms with E-state index in [1.807, 2.05) is 0 Å². The summed E-state index contributed by atoms with van der Waals surface area (Å²) < 4.78 is 34.9. The molecule has 0 spiro atoms. The van der Waals surface area contributed by atoms with Gasteiger partial charge in [-0.15, -0.1) is 0 Å². The zero-order valence-electron chi connectivity index (χ0n) is 9.28. The summed E-state index contributed by atoms with van der Waals surface area (Å²) in [5, 5.41) is 0. The Bertz CT molecular complexity index is 414. The summed E-state index contributed by atoms with van der Waals surface area (Å²) in [6.45, 7) is 0.00453. The third-order valence-electron chi connectivity index (χ3n) is 2.68. The fourth-order valence-electron chi connectivity index (χ4n) is 1.45. The fraction of sp³-hybridized carbons (Fsp3) is 0.417. The fourth-order valence-corrected chi connectivity index (χ4v) is 1.45. The topological polar surface area (TPSA) is 35.5 Å².